The van der Waals surface area contributed by atoms with Gasteiger partial charge in [0, 0.05) is 25.9 Å². The van der Waals surface area contributed by atoms with E-state index in [-0.39, 0.29) is 35.8 Å². The Bertz CT molecular complexity index is 1100. The van der Waals surface area contributed by atoms with E-state index in [9.17, 15) is 18.0 Å². The summed E-state index contributed by atoms with van der Waals surface area (Å²) < 4.78 is 38.6. The van der Waals surface area contributed by atoms with E-state index in [0.29, 0.717) is 29.9 Å². The average Bonchev–Trinajstić information content (AvgIpc) is 2.74. The summed E-state index contributed by atoms with van der Waals surface area (Å²) in [5.74, 6) is -0.0873. The number of methoxy groups -OCH3 is 1. The number of piperidine rings is 1. The van der Waals surface area contributed by atoms with Gasteiger partial charge < -0.3 is 14.6 Å². The first kappa shape index (κ1) is 20.4. The van der Waals surface area contributed by atoms with Crippen molar-refractivity contribution in [2.24, 2.45) is 0 Å². The van der Waals surface area contributed by atoms with Crippen LogP contribution in [0.4, 0.5) is 0 Å². The zero-order chi connectivity index (χ0) is 21.5. The Morgan fingerprint density at radius 1 is 1.13 bits per heavy atom. The largest absolute Gasteiger partial charge is 0.497 e. The number of ketones is 1. The molecule has 0 aromatic heterocycles. The van der Waals surface area contributed by atoms with E-state index in [1.165, 1.54) is 35.7 Å². The lowest BCUT2D eigenvalue weighted by Gasteiger charge is -2.43. The molecule has 2 aromatic carbocycles. The third-order valence-corrected chi connectivity index (χ3v) is 7.58. The smallest absolute Gasteiger partial charge is 0.335 e. The summed E-state index contributed by atoms with van der Waals surface area (Å²) in [5, 5.41) is 8.98. The maximum Gasteiger partial charge on any atom is 0.335 e. The molecule has 30 heavy (non-hydrogen) atoms. The van der Waals surface area contributed by atoms with Crippen molar-refractivity contribution in [2.45, 2.75) is 29.8 Å². The normalized spacial score (nSPS) is 18.5. The maximum atomic E-state index is 12.9. The van der Waals surface area contributed by atoms with Crippen molar-refractivity contribution in [3.8, 4) is 11.5 Å². The number of carbonyl (C=O) groups is 2. The summed E-state index contributed by atoms with van der Waals surface area (Å²) in [7, 11) is -2.23. The van der Waals surface area contributed by atoms with E-state index in [1.807, 2.05) is 0 Å². The molecule has 0 radical (unpaired) electrons. The van der Waals surface area contributed by atoms with Crippen molar-refractivity contribution in [3.05, 3.63) is 53.6 Å². The standard InChI is InChI=1S/C21H21NO7S/c1-28-15-4-7-19-17(12-15)18(23)13-21(29-19)8-10-22(11-9-21)30(26,27)16-5-2-14(3-6-16)20(24)25/h2-7,12H,8-11,13H2,1H3,(H,24,25). The highest BCUT2D eigenvalue weighted by molar-refractivity contribution is 7.89. The van der Waals surface area contributed by atoms with Gasteiger partial charge in [0.15, 0.2) is 5.78 Å². The molecular formula is C21H21NO7S. The highest BCUT2D eigenvalue weighted by Gasteiger charge is 2.45. The number of aromatic carboxylic acids is 1. The van der Waals surface area contributed by atoms with Crippen LogP contribution in [0.5, 0.6) is 11.5 Å². The Morgan fingerprint density at radius 3 is 2.40 bits per heavy atom. The van der Waals surface area contributed by atoms with Gasteiger partial charge in [-0.2, -0.15) is 4.31 Å². The maximum absolute atomic E-state index is 12.9. The highest BCUT2D eigenvalue weighted by atomic mass is 32.2. The third-order valence-electron chi connectivity index (χ3n) is 5.67. The number of hydrogen-bond donors (Lipinski definition) is 1. The molecule has 0 aliphatic carbocycles. The Balaban J connectivity index is 1.50. The molecule has 0 atom stereocenters. The van der Waals surface area contributed by atoms with E-state index >= 15 is 0 Å². The van der Waals surface area contributed by atoms with Gasteiger partial charge in [0.25, 0.3) is 0 Å². The van der Waals surface area contributed by atoms with Crippen molar-refractivity contribution in [1.29, 1.82) is 0 Å². The lowest BCUT2D eigenvalue weighted by molar-refractivity contribution is 0.00582. The van der Waals surface area contributed by atoms with Crippen LogP contribution in [0.25, 0.3) is 0 Å². The van der Waals surface area contributed by atoms with Crippen LogP contribution < -0.4 is 9.47 Å². The number of carboxylic acid groups (broad SMARTS) is 1. The molecule has 2 heterocycles. The van der Waals surface area contributed by atoms with Crippen LogP contribution in [0.2, 0.25) is 0 Å². The van der Waals surface area contributed by atoms with Crippen molar-refractivity contribution in [2.75, 3.05) is 20.2 Å². The van der Waals surface area contributed by atoms with Crippen molar-refractivity contribution < 1.29 is 32.6 Å². The van der Waals surface area contributed by atoms with Crippen LogP contribution in [0.1, 0.15) is 40.0 Å². The molecule has 0 saturated carbocycles. The summed E-state index contributed by atoms with van der Waals surface area (Å²) in [6.45, 7) is 0.420. The van der Waals surface area contributed by atoms with E-state index in [2.05, 4.69) is 0 Å². The Kier molecular flexibility index (Phi) is 5.03. The highest BCUT2D eigenvalue weighted by Crippen LogP contribution is 2.41. The van der Waals surface area contributed by atoms with E-state index in [0.717, 1.165) is 0 Å². The van der Waals surface area contributed by atoms with Gasteiger partial charge in [-0.1, -0.05) is 0 Å². The molecule has 0 amide bonds. The summed E-state index contributed by atoms with van der Waals surface area (Å²) >= 11 is 0. The number of fused-ring (bicyclic) bond motifs is 1. The number of carboxylic acids is 1. The molecule has 4 rings (SSSR count). The van der Waals surface area contributed by atoms with Crippen LogP contribution in [0, 0.1) is 0 Å². The molecule has 2 aliphatic heterocycles. The number of sulfonamides is 1. The second kappa shape index (κ2) is 7.41. The number of rotatable bonds is 4. The first-order valence-electron chi connectivity index (χ1n) is 9.48. The molecular weight excluding hydrogens is 410 g/mol. The molecule has 0 unspecified atom stereocenters. The minimum absolute atomic E-state index is 0.0240. The Morgan fingerprint density at radius 2 is 1.80 bits per heavy atom. The summed E-state index contributed by atoms with van der Waals surface area (Å²) in [6.07, 6.45) is 0.960. The summed E-state index contributed by atoms with van der Waals surface area (Å²) in [4.78, 5) is 23.7. The van der Waals surface area contributed by atoms with Gasteiger partial charge in [0.1, 0.15) is 17.1 Å². The van der Waals surface area contributed by atoms with Gasteiger partial charge in [-0.15, -0.1) is 0 Å². The van der Waals surface area contributed by atoms with Crippen LogP contribution in [0.3, 0.4) is 0 Å². The Hall–Kier alpha value is -2.91. The molecule has 158 valence electrons. The predicted molar refractivity (Wildman–Crippen MR) is 107 cm³/mol. The number of benzene rings is 2. The minimum Gasteiger partial charge on any atom is -0.497 e. The van der Waals surface area contributed by atoms with Gasteiger partial charge in [-0.05, 0) is 42.5 Å². The zero-order valence-corrected chi connectivity index (χ0v) is 17.1. The van der Waals surface area contributed by atoms with Crippen molar-refractivity contribution in [3.63, 3.8) is 0 Å². The number of nitrogens with zero attached hydrogens (tertiary/aromatic N) is 1. The van der Waals surface area contributed by atoms with Crippen molar-refractivity contribution in [1.82, 2.24) is 4.31 Å². The second-order valence-electron chi connectivity index (χ2n) is 7.48. The molecule has 2 aliphatic rings. The lowest BCUT2D eigenvalue weighted by atomic mass is 9.83. The van der Waals surface area contributed by atoms with Crippen LogP contribution in [-0.4, -0.2) is 55.4 Å². The van der Waals surface area contributed by atoms with Crippen LogP contribution in [-0.2, 0) is 10.0 Å². The average molecular weight is 431 g/mol. The SMILES string of the molecule is COc1ccc2c(c1)C(=O)CC1(CCN(S(=O)(=O)c3ccc(C(=O)O)cc3)CC1)O2. The topological polar surface area (TPSA) is 110 Å². The summed E-state index contributed by atoms with van der Waals surface area (Å²) in [5.41, 5.74) is -0.220. The number of ether oxygens (including phenoxy) is 2. The zero-order valence-electron chi connectivity index (χ0n) is 16.3. The molecule has 1 N–H and O–H groups in total. The predicted octanol–water partition coefficient (Wildman–Crippen LogP) is 2.58. The van der Waals surface area contributed by atoms with Gasteiger partial charge >= 0.3 is 5.97 Å². The van der Waals surface area contributed by atoms with E-state index in [1.54, 1.807) is 18.2 Å². The molecule has 1 saturated heterocycles. The summed E-state index contributed by atoms with van der Waals surface area (Å²) in [6, 6.07) is 10.2. The van der Waals surface area contributed by atoms with Crippen LogP contribution in [0.15, 0.2) is 47.4 Å². The molecule has 9 heteroatoms. The molecule has 2 aromatic rings. The van der Waals surface area contributed by atoms with Crippen LogP contribution >= 0.6 is 0 Å². The molecule has 0 bridgehead atoms. The minimum atomic E-state index is -3.76. The van der Waals surface area contributed by atoms with Gasteiger partial charge in [-0.3, -0.25) is 4.79 Å². The quantitative estimate of drug-likeness (QED) is 0.792. The van der Waals surface area contributed by atoms with E-state index in [4.69, 9.17) is 14.6 Å². The first-order chi connectivity index (χ1) is 14.2. The fourth-order valence-electron chi connectivity index (χ4n) is 3.93. The lowest BCUT2D eigenvalue weighted by Crippen LogP contribution is -2.52. The van der Waals surface area contributed by atoms with Gasteiger partial charge in [-0.25, -0.2) is 13.2 Å². The Labute approximate surface area is 174 Å². The fourth-order valence-corrected chi connectivity index (χ4v) is 5.37. The van der Waals surface area contributed by atoms with E-state index < -0.39 is 21.6 Å². The third kappa shape index (κ3) is 3.54. The fraction of sp³-hybridized carbons (Fsp3) is 0.333. The monoisotopic (exact) mass is 431 g/mol. The second-order valence-corrected chi connectivity index (χ2v) is 9.42. The molecule has 8 nitrogen and oxygen atoms in total. The molecule has 1 fully saturated rings. The van der Waals surface area contributed by atoms with Gasteiger partial charge in [0.2, 0.25) is 10.0 Å². The number of Topliss-reactive ketones (excluding diaryl/α,β-unsaturated/α-hetero) is 1. The van der Waals surface area contributed by atoms with Gasteiger partial charge in [0.05, 0.1) is 29.6 Å². The molecule has 1 spiro atoms. The first-order valence-corrected chi connectivity index (χ1v) is 10.9. The van der Waals surface area contributed by atoms with Crippen molar-refractivity contribution >= 4 is 21.8 Å². The number of carbonyl (C=O) groups excluding carboxylic acids is 1. The number of hydrogen-bond acceptors (Lipinski definition) is 6.